The van der Waals surface area contributed by atoms with Crippen molar-refractivity contribution in [2.75, 3.05) is 23.4 Å². The van der Waals surface area contributed by atoms with Gasteiger partial charge in [0, 0.05) is 18.5 Å². The molecule has 1 aromatic heterocycles. The normalized spacial score (nSPS) is 11.2. The third kappa shape index (κ3) is 5.35. The van der Waals surface area contributed by atoms with Gasteiger partial charge in [0.2, 0.25) is 0 Å². The zero-order chi connectivity index (χ0) is 24.9. The van der Waals surface area contributed by atoms with Crippen LogP contribution in [-0.4, -0.2) is 23.3 Å². The van der Waals surface area contributed by atoms with Gasteiger partial charge in [0.05, 0.1) is 11.3 Å². The fraction of sp³-hybridized carbons (Fsp3) is 0.333. The van der Waals surface area contributed by atoms with Crippen molar-refractivity contribution in [2.45, 2.75) is 45.3 Å². The highest BCUT2D eigenvalue weighted by atomic mass is 32.2. The lowest BCUT2D eigenvalue weighted by Crippen LogP contribution is -2.37. The van der Waals surface area contributed by atoms with Gasteiger partial charge in [-0.3, -0.25) is 9.59 Å². The number of anilines is 2. The number of rotatable bonds is 5. The van der Waals surface area contributed by atoms with E-state index in [0.717, 1.165) is 20.6 Å². The number of amides is 1. The van der Waals surface area contributed by atoms with Gasteiger partial charge in [0.1, 0.15) is 11.4 Å². The molecule has 1 heterocycles. The second kappa shape index (κ2) is 10.8. The second-order valence-electron chi connectivity index (χ2n) is 6.87. The summed E-state index contributed by atoms with van der Waals surface area (Å²) in [7, 11) is 1.35. The van der Waals surface area contributed by atoms with E-state index in [0.29, 0.717) is 21.9 Å². The first-order valence-electron chi connectivity index (χ1n) is 10.6. The van der Waals surface area contributed by atoms with Crippen LogP contribution in [0.3, 0.4) is 0 Å². The molecule has 0 aliphatic carbocycles. The van der Waals surface area contributed by atoms with Crippen molar-refractivity contribution in [3.05, 3.63) is 64.1 Å². The van der Waals surface area contributed by atoms with Crippen molar-refractivity contribution >= 4 is 39.8 Å². The number of aromatic nitrogens is 1. The highest BCUT2D eigenvalue weighted by molar-refractivity contribution is 7.99. The Morgan fingerprint density at radius 1 is 1.09 bits per heavy atom. The highest BCUT2D eigenvalue weighted by Crippen LogP contribution is 2.34. The number of thioether (sulfide) groups is 1. The molecule has 0 aliphatic rings. The molecule has 0 bridgehead atoms. The minimum absolute atomic E-state index is 0.212. The number of nitrogens with zero attached hydrogens (tertiary/aromatic N) is 2. The Morgan fingerprint density at radius 2 is 1.67 bits per heavy atom. The van der Waals surface area contributed by atoms with Crippen LogP contribution < -0.4 is 16.2 Å². The predicted molar refractivity (Wildman–Crippen MR) is 130 cm³/mol. The second-order valence-corrected chi connectivity index (χ2v) is 8.18. The van der Waals surface area contributed by atoms with Gasteiger partial charge in [-0.05, 0) is 41.6 Å². The molecule has 0 spiro atoms. The van der Waals surface area contributed by atoms with Gasteiger partial charge in [-0.25, -0.2) is 0 Å². The van der Waals surface area contributed by atoms with Gasteiger partial charge in [-0.2, -0.15) is 13.2 Å². The fourth-order valence-electron chi connectivity index (χ4n) is 3.48. The van der Waals surface area contributed by atoms with E-state index in [1.807, 2.05) is 51.1 Å². The number of pyridine rings is 1. The van der Waals surface area contributed by atoms with Gasteiger partial charge in [0.25, 0.3) is 11.5 Å². The van der Waals surface area contributed by atoms with Crippen molar-refractivity contribution in [2.24, 2.45) is 0 Å². The van der Waals surface area contributed by atoms with Gasteiger partial charge in [-0.15, -0.1) is 11.8 Å². The number of nitrogens with two attached hydrogens (primary N) is 1. The average Bonchev–Trinajstić information content (AvgIpc) is 2.78. The van der Waals surface area contributed by atoms with Crippen LogP contribution in [0.2, 0.25) is 0 Å². The monoisotopic (exact) mass is 479 g/mol. The predicted octanol–water partition coefficient (Wildman–Crippen LogP) is 6.04. The number of alkyl halides is 3. The van der Waals surface area contributed by atoms with E-state index >= 15 is 0 Å². The summed E-state index contributed by atoms with van der Waals surface area (Å²) in [5, 5.41) is 1.80. The lowest BCUT2D eigenvalue weighted by Gasteiger charge is -2.23. The lowest BCUT2D eigenvalue weighted by atomic mass is 10.1. The summed E-state index contributed by atoms with van der Waals surface area (Å²) in [4.78, 5) is 28.0. The number of fused-ring (bicyclic) bond motifs is 1. The summed E-state index contributed by atoms with van der Waals surface area (Å²) in [5.41, 5.74) is 3.41. The molecule has 9 heteroatoms. The molecule has 0 saturated heterocycles. The van der Waals surface area contributed by atoms with E-state index < -0.39 is 29.0 Å². The molecule has 2 N–H and O–H groups in total. The van der Waals surface area contributed by atoms with Crippen molar-refractivity contribution in [3.8, 4) is 0 Å². The number of carbonyl (C=O) groups excluding carboxylic acids is 1. The van der Waals surface area contributed by atoms with E-state index in [4.69, 9.17) is 5.73 Å². The SMILES string of the molecule is CC.CCSc1cc2ccccc2cc1C(=O)N(C)c1c(N)cc(C(F)(F)F)n(CC)c1=O. The highest BCUT2D eigenvalue weighted by Gasteiger charge is 2.36. The number of benzene rings is 2. The molecule has 0 radical (unpaired) electrons. The number of halogens is 3. The Hall–Kier alpha value is -2.94. The Bertz CT molecular complexity index is 1210. The molecular formula is C24H28F3N3O2S. The maximum Gasteiger partial charge on any atom is 0.431 e. The third-order valence-corrected chi connectivity index (χ3v) is 5.87. The largest absolute Gasteiger partial charge is 0.431 e. The van der Waals surface area contributed by atoms with Crippen LogP contribution in [0.25, 0.3) is 10.8 Å². The number of carbonyl (C=O) groups is 1. The molecule has 3 rings (SSSR count). The Morgan fingerprint density at radius 3 is 2.18 bits per heavy atom. The lowest BCUT2D eigenvalue weighted by molar-refractivity contribution is -0.144. The Kier molecular flexibility index (Phi) is 8.60. The number of hydrogen-bond donors (Lipinski definition) is 1. The van der Waals surface area contributed by atoms with Gasteiger partial charge in [0.15, 0.2) is 0 Å². The Balaban J connectivity index is 0.00000187. The van der Waals surface area contributed by atoms with Crippen molar-refractivity contribution in [1.82, 2.24) is 4.57 Å². The first kappa shape index (κ1) is 26.3. The standard InChI is InChI=1S/C22H22F3N3O2S.C2H6/c1-4-28-18(22(23,24)25)12-16(26)19(21(28)30)27(3)20(29)15-10-13-8-6-7-9-14(13)11-17(15)31-5-2;1-2/h6-12H,4-5,26H2,1-3H3;1-2H3. The summed E-state index contributed by atoms with van der Waals surface area (Å²) < 4.78 is 40.6. The van der Waals surface area contributed by atoms with Crippen molar-refractivity contribution in [3.63, 3.8) is 0 Å². The minimum Gasteiger partial charge on any atom is -0.397 e. The third-order valence-electron chi connectivity index (χ3n) is 4.93. The summed E-state index contributed by atoms with van der Waals surface area (Å²) in [5.74, 6) is 0.195. The van der Waals surface area contributed by atoms with E-state index in [1.165, 1.54) is 25.7 Å². The summed E-state index contributed by atoms with van der Waals surface area (Å²) in [6, 6.07) is 11.9. The summed E-state index contributed by atoms with van der Waals surface area (Å²) >= 11 is 1.47. The maximum atomic E-state index is 13.4. The van der Waals surface area contributed by atoms with Gasteiger partial charge in [-0.1, -0.05) is 45.0 Å². The van der Waals surface area contributed by atoms with Crippen LogP contribution in [0.15, 0.2) is 52.2 Å². The quantitative estimate of drug-likeness (QED) is 0.453. The number of hydrogen-bond acceptors (Lipinski definition) is 4. The fourth-order valence-corrected chi connectivity index (χ4v) is 4.31. The average molecular weight is 480 g/mol. The van der Waals surface area contributed by atoms with Crippen LogP contribution in [0.4, 0.5) is 24.5 Å². The van der Waals surface area contributed by atoms with Crippen molar-refractivity contribution in [1.29, 1.82) is 0 Å². The molecular weight excluding hydrogens is 451 g/mol. The van der Waals surface area contributed by atoms with Crippen LogP contribution >= 0.6 is 11.8 Å². The van der Waals surface area contributed by atoms with Gasteiger partial charge < -0.3 is 15.2 Å². The van der Waals surface area contributed by atoms with E-state index in [2.05, 4.69) is 0 Å². The molecule has 33 heavy (non-hydrogen) atoms. The Labute approximate surface area is 195 Å². The molecule has 2 aromatic carbocycles. The first-order valence-corrected chi connectivity index (χ1v) is 11.6. The molecule has 0 atom stereocenters. The molecule has 0 unspecified atom stereocenters. The van der Waals surface area contributed by atoms with E-state index in [1.54, 1.807) is 6.07 Å². The molecule has 1 amide bonds. The first-order chi connectivity index (χ1) is 15.6. The molecule has 0 saturated carbocycles. The van der Waals surface area contributed by atoms with E-state index in [9.17, 15) is 22.8 Å². The topological polar surface area (TPSA) is 68.3 Å². The zero-order valence-corrected chi connectivity index (χ0v) is 20.1. The zero-order valence-electron chi connectivity index (χ0n) is 19.3. The minimum atomic E-state index is -4.74. The van der Waals surface area contributed by atoms with Crippen LogP contribution in [-0.2, 0) is 12.7 Å². The summed E-state index contributed by atoms with van der Waals surface area (Å²) in [6.45, 7) is 7.17. The maximum absolute atomic E-state index is 13.4. The number of nitrogen functional groups attached to an aromatic ring is 1. The molecule has 178 valence electrons. The van der Waals surface area contributed by atoms with Crippen LogP contribution in [0, 0.1) is 0 Å². The van der Waals surface area contributed by atoms with Crippen molar-refractivity contribution < 1.29 is 18.0 Å². The van der Waals surface area contributed by atoms with Gasteiger partial charge >= 0.3 is 6.18 Å². The summed E-state index contributed by atoms with van der Waals surface area (Å²) in [6.07, 6.45) is -4.74. The van der Waals surface area contributed by atoms with Crippen LogP contribution in [0.5, 0.6) is 0 Å². The molecule has 3 aromatic rings. The smallest absolute Gasteiger partial charge is 0.397 e. The van der Waals surface area contributed by atoms with E-state index in [-0.39, 0.29) is 12.2 Å². The van der Waals surface area contributed by atoms with Crippen LogP contribution in [0.1, 0.15) is 43.7 Å². The molecule has 0 fully saturated rings. The molecule has 5 nitrogen and oxygen atoms in total. The molecule has 0 aliphatic heterocycles.